The van der Waals surface area contributed by atoms with E-state index in [9.17, 15) is 9.59 Å². The van der Waals surface area contributed by atoms with Gasteiger partial charge in [-0.15, -0.1) is 0 Å². The highest BCUT2D eigenvalue weighted by molar-refractivity contribution is 6.07. The van der Waals surface area contributed by atoms with Crippen LogP contribution in [0.25, 0.3) is 22.2 Å². The number of hydrogen-bond acceptors (Lipinski definition) is 3. The van der Waals surface area contributed by atoms with Crippen molar-refractivity contribution in [1.82, 2.24) is 9.55 Å². The Hall–Kier alpha value is -3.73. The van der Waals surface area contributed by atoms with Crippen molar-refractivity contribution in [3.8, 4) is 11.3 Å². The lowest BCUT2D eigenvalue weighted by molar-refractivity contribution is 0.102. The van der Waals surface area contributed by atoms with Gasteiger partial charge in [0, 0.05) is 24.2 Å². The number of anilines is 1. The molecule has 1 N–H and O–H groups in total. The van der Waals surface area contributed by atoms with Crippen LogP contribution in [0.1, 0.15) is 15.9 Å². The predicted molar refractivity (Wildman–Crippen MR) is 112 cm³/mol. The number of amides is 1. The van der Waals surface area contributed by atoms with Crippen molar-refractivity contribution >= 4 is 22.6 Å². The summed E-state index contributed by atoms with van der Waals surface area (Å²) in [5.41, 5.74) is 2.91. The van der Waals surface area contributed by atoms with E-state index in [1.54, 1.807) is 30.5 Å². The molecule has 2 heterocycles. The smallest absolute Gasteiger partial charge is 0.257 e. The molecule has 28 heavy (non-hydrogen) atoms. The first-order valence-corrected chi connectivity index (χ1v) is 8.98. The molecule has 1 amide bonds. The second-order valence-electron chi connectivity index (χ2n) is 6.61. The fraction of sp³-hybridized carbons (Fsp3) is 0.0870. The molecule has 2 aromatic carbocycles. The molecular formula is C23H19N3O2. The number of hydrogen-bond donors (Lipinski definition) is 1. The summed E-state index contributed by atoms with van der Waals surface area (Å²) in [6.07, 6.45) is 1.64. The minimum atomic E-state index is -0.263. The van der Waals surface area contributed by atoms with E-state index in [4.69, 9.17) is 0 Å². The zero-order valence-corrected chi connectivity index (χ0v) is 15.6. The summed E-state index contributed by atoms with van der Waals surface area (Å²) in [6.45, 7) is 1.88. The first-order chi connectivity index (χ1) is 13.6. The van der Waals surface area contributed by atoms with Gasteiger partial charge in [0.15, 0.2) is 0 Å². The maximum Gasteiger partial charge on any atom is 0.257 e. The second kappa shape index (κ2) is 7.12. The Balaban J connectivity index is 1.96. The van der Waals surface area contributed by atoms with Crippen LogP contribution in [0, 0.1) is 6.92 Å². The molecule has 0 fully saturated rings. The van der Waals surface area contributed by atoms with E-state index in [1.165, 1.54) is 0 Å². The average molecular weight is 369 g/mol. The van der Waals surface area contributed by atoms with E-state index in [0.29, 0.717) is 28.0 Å². The molecule has 0 spiro atoms. The Morgan fingerprint density at radius 3 is 2.43 bits per heavy atom. The largest absolute Gasteiger partial charge is 0.330 e. The van der Waals surface area contributed by atoms with Gasteiger partial charge in [0.25, 0.3) is 5.91 Å². The van der Waals surface area contributed by atoms with Crippen molar-refractivity contribution in [3.05, 3.63) is 94.3 Å². The minimum absolute atomic E-state index is 0.160. The van der Waals surface area contributed by atoms with Gasteiger partial charge < -0.3 is 9.88 Å². The summed E-state index contributed by atoms with van der Waals surface area (Å²) < 4.78 is 1.83. The number of pyridine rings is 2. The zero-order valence-electron chi connectivity index (χ0n) is 15.6. The van der Waals surface area contributed by atoms with Crippen molar-refractivity contribution in [3.63, 3.8) is 0 Å². The molecule has 0 saturated heterocycles. The molecule has 5 nitrogen and oxygen atoms in total. The quantitative estimate of drug-likeness (QED) is 0.590. The Morgan fingerprint density at radius 1 is 0.964 bits per heavy atom. The van der Waals surface area contributed by atoms with E-state index >= 15 is 0 Å². The molecule has 0 bridgehead atoms. The highest BCUT2D eigenvalue weighted by atomic mass is 16.1. The first-order valence-electron chi connectivity index (χ1n) is 8.98. The van der Waals surface area contributed by atoms with Crippen LogP contribution >= 0.6 is 0 Å². The van der Waals surface area contributed by atoms with Gasteiger partial charge in [0.1, 0.15) is 5.82 Å². The summed E-state index contributed by atoms with van der Waals surface area (Å²) >= 11 is 0. The van der Waals surface area contributed by atoms with Crippen LogP contribution in [-0.4, -0.2) is 15.5 Å². The maximum atomic E-state index is 13.3. The highest BCUT2D eigenvalue weighted by Crippen LogP contribution is 2.27. The molecule has 4 aromatic rings. The molecule has 0 aliphatic rings. The van der Waals surface area contributed by atoms with Gasteiger partial charge in [-0.25, -0.2) is 0 Å². The summed E-state index contributed by atoms with van der Waals surface area (Å²) in [7, 11) is 1.83. The number of para-hydroxylation sites is 1. The topological polar surface area (TPSA) is 64.0 Å². The van der Waals surface area contributed by atoms with Crippen molar-refractivity contribution in [1.29, 1.82) is 0 Å². The van der Waals surface area contributed by atoms with E-state index in [2.05, 4.69) is 10.3 Å². The highest BCUT2D eigenvalue weighted by Gasteiger charge is 2.20. The van der Waals surface area contributed by atoms with Crippen LogP contribution in [0.15, 0.2) is 77.7 Å². The van der Waals surface area contributed by atoms with Crippen molar-refractivity contribution in [2.24, 2.45) is 7.05 Å². The van der Waals surface area contributed by atoms with Crippen LogP contribution in [0.2, 0.25) is 0 Å². The van der Waals surface area contributed by atoms with E-state index in [-0.39, 0.29) is 11.3 Å². The third-order valence-corrected chi connectivity index (χ3v) is 4.85. The van der Waals surface area contributed by atoms with Gasteiger partial charge in [-0.3, -0.25) is 14.6 Å². The van der Waals surface area contributed by atoms with Crippen LogP contribution < -0.4 is 10.7 Å². The lowest BCUT2D eigenvalue weighted by atomic mass is 10.1. The van der Waals surface area contributed by atoms with Crippen molar-refractivity contribution in [2.45, 2.75) is 6.92 Å². The molecule has 0 radical (unpaired) electrons. The average Bonchev–Trinajstić information content (AvgIpc) is 2.73. The fourth-order valence-corrected chi connectivity index (χ4v) is 3.39. The van der Waals surface area contributed by atoms with Gasteiger partial charge in [-0.2, -0.15) is 0 Å². The summed E-state index contributed by atoms with van der Waals surface area (Å²) in [5, 5.41) is 3.53. The van der Waals surface area contributed by atoms with Crippen molar-refractivity contribution < 1.29 is 4.79 Å². The molecular weight excluding hydrogens is 350 g/mol. The molecule has 0 aliphatic heterocycles. The van der Waals surface area contributed by atoms with Crippen LogP contribution in [0.4, 0.5) is 5.82 Å². The molecule has 2 aromatic heterocycles. The summed E-state index contributed by atoms with van der Waals surface area (Å²) in [4.78, 5) is 30.6. The van der Waals surface area contributed by atoms with Crippen LogP contribution in [-0.2, 0) is 7.05 Å². The number of rotatable bonds is 3. The van der Waals surface area contributed by atoms with Gasteiger partial charge >= 0.3 is 0 Å². The van der Waals surface area contributed by atoms with Gasteiger partial charge in [0.2, 0.25) is 5.43 Å². The number of benzene rings is 2. The molecule has 0 unspecified atom stereocenters. The van der Waals surface area contributed by atoms with E-state index < -0.39 is 0 Å². The summed E-state index contributed by atoms with van der Waals surface area (Å²) in [5.74, 6) is 0.163. The predicted octanol–water partition coefficient (Wildman–Crippen LogP) is 4.16. The number of fused-ring (bicyclic) bond motifs is 1. The zero-order chi connectivity index (χ0) is 19.7. The Bertz CT molecular complexity index is 1240. The number of nitrogens with one attached hydrogen (secondary N) is 1. The molecule has 0 aliphatic carbocycles. The number of carbonyl (C=O) groups is 1. The Kier molecular flexibility index (Phi) is 4.49. The fourth-order valence-electron chi connectivity index (χ4n) is 3.39. The number of aromatic nitrogens is 2. The minimum Gasteiger partial charge on any atom is -0.330 e. The van der Waals surface area contributed by atoms with Gasteiger partial charge in [-0.1, -0.05) is 36.4 Å². The number of aryl methyl sites for hydroxylation is 2. The third-order valence-electron chi connectivity index (χ3n) is 4.85. The summed E-state index contributed by atoms with van der Waals surface area (Å²) in [6, 6.07) is 20.1. The second-order valence-corrected chi connectivity index (χ2v) is 6.61. The van der Waals surface area contributed by atoms with Gasteiger partial charge in [0.05, 0.1) is 16.8 Å². The maximum absolute atomic E-state index is 13.3. The molecule has 0 atom stereocenters. The monoisotopic (exact) mass is 369 g/mol. The molecule has 138 valence electrons. The Labute approximate surface area is 162 Å². The van der Waals surface area contributed by atoms with Crippen LogP contribution in [0.3, 0.4) is 0 Å². The lowest BCUT2D eigenvalue weighted by Crippen LogP contribution is -2.22. The van der Waals surface area contributed by atoms with Gasteiger partial charge in [-0.05, 0) is 42.8 Å². The third kappa shape index (κ3) is 2.97. The van der Waals surface area contributed by atoms with Crippen molar-refractivity contribution in [2.75, 3.05) is 5.32 Å². The normalized spacial score (nSPS) is 10.8. The van der Waals surface area contributed by atoms with Crippen LogP contribution in [0.5, 0.6) is 0 Å². The van der Waals surface area contributed by atoms with E-state index in [0.717, 1.165) is 11.1 Å². The molecule has 0 saturated carbocycles. The number of nitrogens with zero attached hydrogens (tertiary/aromatic N) is 2. The lowest BCUT2D eigenvalue weighted by Gasteiger charge is -2.18. The standard InChI is InChI=1S/C23H19N3O2/c1-15-9-3-4-10-16(15)23(28)25-22-20(18-12-7-8-14-24-18)21(27)17-11-5-6-13-19(17)26(22)2/h3-14H,1-2H3,(H,25,28). The Morgan fingerprint density at radius 2 is 1.68 bits per heavy atom. The first kappa shape index (κ1) is 17.7. The molecule has 5 heteroatoms. The molecule has 4 rings (SSSR count). The van der Waals surface area contributed by atoms with E-state index in [1.807, 2.05) is 61.0 Å². The number of carbonyl (C=O) groups excluding carboxylic acids is 1. The SMILES string of the molecule is Cc1ccccc1C(=O)Nc1c(-c2ccccn2)c(=O)c2ccccc2n1C.